The first-order valence-electron chi connectivity index (χ1n) is 21.2. The molecule has 2 aromatic heterocycles. The maximum atomic E-state index is 14.2. The number of fused-ring (bicyclic) bond motifs is 2. The number of ether oxygens (including phenoxy) is 2. The Morgan fingerprint density at radius 3 is 1.98 bits per heavy atom. The van der Waals surface area contributed by atoms with E-state index in [2.05, 4.69) is 110 Å². The number of hydrogen-bond acceptors (Lipinski definition) is 5. The van der Waals surface area contributed by atoms with Gasteiger partial charge in [0, 0.05) is 82.1 Å². The van der Waals surface area contributed by atoms with Crippen LogP contribution in [0.1, 0.15) is 97.2 Å². The highest BCUT2D eigenvalue weighted by Gasteiger charge is 2.29. The lowest BCUT2D eigenvalue weighted by Crippen LogP contribution is -2.22. The van der Waals surface area contributed by atoms with Gasteiger partial charge in [0.2, 0.25) is 0 Å². The number of rotatable bonds is 15. The fourth-order valence-electron chi connectivity index (χ4n) is 8.17. The third-order valence-corrected chi connectivity index (χ3v) is 11.1. The fourth-order valence-corrected chi connectivity index (χ4v) is 8.17. The van der Waals surface area contributed by atoms with Crippen molar-refractivity contribution in [1.82, 2.24) is 9.13 Å². The van der Waals surface area contributed by atoms with Gasteiger partial charge < -0.3 is 23.5 Å². The lowest BCUT2D eigenvalue weighted by atomic mass is 9.90. The molecule has 7 heteroatoms. The Labute approximate surface area is 355 Å². The summed E-state index contributed by atoms with van der Waals surface area (Å²) < 4.78 is 17.8. The summed E-state index contributed by atoms with van der Waals surface area (Å²) in [5, 5.41) is 13.0. The average Bonchev–Trinajstić information content (AvgIpc) is 3.78. The van der Waals surface area contributed by atoms with Gasteiger partial charge in [0.15, 0.2) is 0 Å². The van der Waals surface area contributed by atoms with E-state index in [0.29, 0.717) is 35.7 Å². The number of anilines is 1. The Bertz CT molecular complexity index is 2660. The Kier molecular flexibility index (Phi) is 14.1. The molecule has 0 aliphatic heterocycles. The quantitative estimate of drug-likeness (QED) is 0.0966. The lowest BCUT2D eigenvalue weighted by molar-refractivity contribution is 0.0387. The van der Waals surface area contributed by atoms with Crippen LogP contribution in [0.15, 0.2) is 134 Å². The van der Waals surface area contributed by atoms with Crippen molar-refractivity contribution >= 4 is 45.1 Å². The first-order chi connectivity index (χ1) is 29.3. The Morgan fingerprint density at radius 1 is 0.783 bits per heavy atom. The summed E-state index contributed by atoms with van der Waals surface area (Å²) >= 11 is 0. The van der Waals surface area contributed by atoms with Gasteiger partial charge in [-0.15, -0.1) is 0 Å². The summed E-state index contributed by atoms with van der Waals surface area (Å²) in [6, 6.07) is 42.5. The maximum Gasteiger partial charge on any atom is 0.339 e. The number of aryl methyl sites for hydroxylation is 2. The second-order valence-electron chi connectivity index (χ2n) is 14.2. The van der Waals surface area contributed by atoms with Gasteiger partial charge in [-0.3, -0.25) is 0 Å². The Hall–Kier alpha value is -6.78. The van der Waals surface area contributed by atoms with Gasteiger partial charge in [-0.2, -0.15) is 5.26 Å². The van der Waals surface area contributed by atoms with Gasteiger partial charge in [0.25, 0.3) is 0 Å². The molecule has 0 radical (unpaired) electrons. The van der Waals surface area contributed by atoms with E-state index < -0.39 is 12.1 Å². The summed E-state index contributed by atoms with van der Waals surface area (Å²) in [4.78, 5) is 16.5. The standard InChI is InChI=1S/C51H50N4O3.C2H6/c1-7-36-25-27-37(28-26-36)34-57-47-31-39(53(8-2)9-3)29-30-42(47)48(58-51(56)38-19-13-12-14-20-38)32-43(49-35(6)54(10-4)44-23-17-15-21-40(44)49)50-41-22-16-18-24-45(41)55(11-5)46(50)33-52;1-2/h7,12-32,48H,1,8-11,34H2,2-6H3;1-2H3/b43-32-;. The van der Waals surface area contributed by atoms with Crippen LogP contribution in [0.25, 0.3) is 33.5 Å². The second-order valence-corrected chi connectivity index (χ2v) is 14.2. The van der Waals surface area contributed by atoms with E-state index in [-0.39, 0.29) is 0 Å². The van der Waals surface area contributed by atoms with Crippen molar-refractivity contribution in [3.8, 4) is 11.8 Å². The molecule has 1 unspecified atom stereocenters. The highest BCUT2D eigenvalue weighted by Crippen LogP contribution is 2.44. The number of hydrogen-bond donors (Lipinski definition) is 0. The molecule has 0 amide bonds. The summed E-state index contributed by atoms with van der Waals surface area (Å²) in [6.45, 7) is 21.8. The van der Waals surface area contributed by atoms with Crippen LogP contribution in [0.5, 0.6) is 5.75 Å². The minimum atomic E-state index is -0.926. The number of benzene rings is 5. The van der Waals surface area contributed by atoms with Crippen LogP contribution in [0.4, 0.5) is 5.69 Å². The predicted octanol–water partition coefficient (Wildman–Crippen LogP) is 12.9. The average molecular weight is 797 g/mol. The summed E-state index contributed by atoms with van der Waals surface area (Å²) in [5.41, 5.74) is 10.4. The molecule has 60 heavy (non-hydrogen) atoms. The molecule has 2 heterocycles. The highest BCUT2D eigenvalue weighted by molar-refractivity contribution is 6.06. The molecule has 0 saturated heterocycles. The molecule has 306 valence electrons. The van der Waals surface area contributed by atoms with Crippen LogP contribution < -0.4 is 9.64 Å². The first kappa shape index (κ1) is 42.8. The van der Waals surface area contributed by atoms with Gasteiger partial charge in [-0.25, -0.2) is 4.79 Å². The van der Waals surface area contributed by atoms with Crippen molar-refractivity contribution in [2.45, 2.75) is 74.3 Å². The molecular weight excluding hydrogens is 741 g/mol. The van der Waals surface area contributed by atoms with Crippen molar-refractivity contribution < 1.29 is 14.3 Å². The molecule has 0 aliphatic rings. The summed E-state index contributed by atoms with van der Waals surface area (Å²) in [6.07, 6.45) is 2.93. The van der Waals surface area contributed by atoms with Crippen LogP contribution in [0.2, 0.25) is 0 Å². The van der Waals surface area contributed by atoms with E-state index in [4.69, 9.17) is 9.47 Å². The molecule has 0 fully saturated rings. The van der Waals surface area contributed by atoms with E-state index in [1.54, 1.807) is 12.1 Å². The van der Waals surface area contributed by atoms with E-state index in [9.17, 15) is 10.1 Å². The number of carbonyl (C=O) groups excluding carboxylic acids is 1. The molecule has 5 aromatic carbocycles. The van der Waals surface area contributed by atoms with Gasteiger partial charge in [0.1, 0.15) is 30.2 Å². The van der Waals surface area contributed by atoms with Gasteiger partial charge >= 0.3 is 5.97 Å². The number of para-hydroxylation sites is 2. The SMILES string of the molecule is C=Cc1ccc(COc2cc(N(CC)CC)ccc2C(/C=C(/c2c(C)n(CC)c3ccccc23)c2c(C#N)n(CC)c3ccccc23)OC(=O)c2ccccc2)cc1.CC. The predicted molar refractivity (Wildman–Crippen MR) is 249 cm³/mol. The minimum Gasteiger partial charge on any atom is -0.488 e. The summed E-state index contributed by atoms with van der Waals surface area (Å²) in [7, 11) is 0. The highest BCUT2D eigenvalue weighted by atomic mass is 16.5. The van der Waals surface area contributed by atoms with Crippen LogP contribution in [0, 0.1) is 18.3 Å². The zero-order chi connectivity index (χ0) is 42.8. The van der Waals surface area contributed by atoms with Crippen molar-refractivity contribution in [2.75, 3.05) is 18.0 Å². The molecular formula is C53H56N4O3. The van der Waals surface area contributed by atoms with Crippen LogP contribution >= 0.6 is 0 Å². The van der Waals surface area contributed by atoms with Crippen molar-refractivity contribution in [3.05, 3.63) is 179 Å². The fraction of sp³-hybridized carbons (Fsp3) is 0.245. The van der Waals surface area contributed by atoms with Gasteiger partial charge in [-0.1, -0.05) is 105 Å². The smallest absolute Gasteiger partial charge is 0.339 e. The zero-order valence-corrected chi connectivity index (χ0v) is 36.0. The molecule has 0 saturated carbocycles. The topological polar surface area (TPSA) is 72.4 Å². The van der Waals surface area contributed by atoms with Gasteiger partial charge in [0.05, 0.1) is 5.56 Å². The molecule has 7 nitrogen and oxygen atoms in total. The molecule has 0 N–H and O–H groups in total. The Morgan fingerprint density at radius 2 is 1.38 bits per heavy atom. The second kappa shape index (κ2) is 19.8. The van der Waals surface area contributed by atoms with E-state index in [1.165, 1.54) is 0 Å². The zero-order valence-electron chi connectivity index (χ0n) is 36.0. The molecule has 1 atom stereocenters. The molecule has 7 rings (SSSR count). The largest absolute Gasteiger partial charge is 0.488 e. The number of esters is 1. The molecule has 0 spiro atoms. The first-order valence-corrected chi connectivity index (χ1v) is 21.2. The van der Waals surface area contributed by atoms with E-state index >= 15 is 0 Å². The number of nitrogens with zero attached hydrogens (tertiary/aromatic N) is 4. The number of aromatic nitrogens is 2. The van der Waals surface area contributed by atoms with Crippen molar-refractivity contribution in [3.63, 3.8) is 0 Å². The third-order valence-electron chi connectivity index (χ3n) is 11.1. The molecule has 0 bridgehead atoms. The Balaban J connectivity index is 0.00000297. The normalized spacial score (nSPS) is 11.7. The van der Waals surface area contributed by atoms with Gasteiger partial charge in [-0.05, 0) is 93.8 Å². The molecule has 7 aromatic rings. The van der Waals surface area contributed by atoms with E-state index in [1.807, 2.05) is 86.7 Å². The van der Waals surface area contributed by atoms with Crippen LogP contribution in [-0.4, -0.2) is 28.2 Å². The van der Waals surface area contributed by atoms with Crippen LogP contribution in [0.3, 0.4) is 0 Å². The van der Waals surface area contributed by atoms with Crippen molar-refractivity contribution in [2.24, 2.45) is 0 Å². The van der Waals surface area contributed by atoms with E-state index in [0.717, 1.165) is 80.6 Å². The maximum absolute atomic E-state index is 14.2. The van der Waals surface area contributed by atoms with Crippen molar-refractivity contribution in [1.29, 1.82) is 5.26 Å². The number of nitriles is 1. The number of carbonyl (C=O) groups is 1. The third kappa shape index (κ3) is 8.51. The minimum absolute atomic E-state index is 0.299. The molecule has 0 aliphatic carbocycles. The van der Waals surface area contributed by atoms with Crippen LogP contribution in [-0.2, 0) is 24.4 Å². The monoisotopic (exact) mass is 796 g/mol. The lowest BCUT2D eigenvalue weighted by Gasteiger charge is -2.25. The summed E-state index contributed by atoms with van der Waals surface area (Å²) in [5.74, 6) is 0.132.